The molecule has 0 aliphatic rings. The molecule has 1 N–H and O–H groups in total. The largest absolute Gasteiger partial charge is 0.480 e. The van der Waals surface area contributed by atoms with Gasteiger partial charge in [-0.25, -0.2) is 14.8 Å². The van der Waals surface area contributed by atoms with Gasteiger partial charge in [0.1, 0.15) is 17.4 Å². The lowest BCUT2D eigenvalue weighted by molar-refractivity contribution is -0.140. The van der Waals surface area contributed by atoms with Crippen LogP contribution in [0.1, 0.15) is 25.7 Å². The van der Waals surface area contributed by atoms with Gasteiger partial charge in [-0.05, 0) is 13.0 Å². The van der Waals surface area contributed by atoms with E-state index < -0.39 is 12.0 Å². The Kier molecular flexibility index (Phi) is 3.02. The van der Waals surface area contributed by atoms with Crippen LogP contribution in [-0.4, -0.2) is 25.6 Å². The van der Waals surface area contributed by atoms with Crippen LogP contribution >= 0.6 is 11.6 Å². The van der Waals surface area contributed by atoms with E-state index in [1.54, 1.807) is 17.6 Å². The molecule has 2 heterocycles. The first kappa shape index (κ1) is 11.9. The van der Waals surface area contributed by atoms with Crippen LogP contribution in [0.4, 0.5) is 0 Å². The molecule has 0 saturated heterocycles. The van der Waals surface area contributed by atoms with Crippen molar-refractivity contribution in [3.63, 3.8) is 0 Å². The second-order valence-electron chi connectivity index (χ2n) is 3.76. The van der Waals surface area contributed by atoms with E-state index in [1.807, 2.05) is 6.92 Å². The minimum Gasteiger partial charge on any atom is -0.480 e. The highest BCUT2D eigenvalue weighted by atomic mass is 35.5. The van der Waals surface area contributed by atoms with E-state index >= 15 is 0 Å². The van der Waals surface area contributed by atoms with E-state index in [9.17, 15) is 4.79 Å². The van der Waals surface area contributed by atoms with Gasteiger partial charge in [-0.3, -0.25) is 4.57 Å². The normalized spacial score (nSPS) is 12.9. The third kappa shape index (κ3) is 1.98. The third-order valence-corrected chi connectivity index (χ3v) is 2.84. The molecule has 2 rings (SSSR count). The summed E-state index contributed by atoms with van der Waals surface area (Å²) in [6.45, 7) is 3.53. The molecule has 2 aromatic heterocycles. The van der Waals surface area contributed by atoms with Crippen LogP contribution < -0.4 is 0 Å². The molecule has 90 valence electrons. The maximum Gasteiger partial charge on any atom is 0.326 e. The summed E-state index contributed by atoms with van der Waals surface area (Å²) < 4.78 is 1.63. The van der Waals surface area contributed by atoms with Gasteiger partial charge in [-0.2, -0.15) is 0 Å². The molecular formula is C11H12ClN3O2. The van der Waals surface area contributed by atoms with Crippen molar-refractivity contribution in [2.75, 3.05) is 0 Å². The van der Waals surface area contributed by atoms with Crippen LogP contribution in [0.3, 0.4) is 0 Å². The number of carboxylic acid groups (broad SMARTS) is 1. The Morgan fingerprint density at radius 2 is 2.35 bits per heavy atom. The summed E-state index contributed by atoms with van der Waals surface area (Å²) in [5.41, 5.74) is 1.18. The fraction of sp³-hybridized carbons (Fsp3) is 0.364. The van der Waals surface area contributed by atoms with Gasteiger partial charge in [0, 0.05) is 12.6 Å². The average Bonchev–Trinajstić information content (AvgIpc) is 2.65. The summed E-state index contributed by atoms with van der Waals surface area (Å²) in [6.07, 6.45) is 2.14. The zero-order valence-electron chi connectivity index (χ0n) is 9.51. The lowest BCUT2D eigenvalue weighted by Crippen LogP contribution is -2.18. The van der Waals surface area contributed by atoms with Gasteiger partial charge in [0.05, 0.1) is 5.02 Å². The molecule has 5 nitrogen and oxygen atoms in total. The molecule has 1 atom stereocenters. The summed E-state index contributed by atoms with van der Waals surface area (Å²) in [7, 11) is 0. The quantitative estimate of drug-likeness (QED) is 0.911. The smallest absolute Gasteiger partial charge is 0.326 e. The van der Waals surface area contributed by atoms with Gasteiger partial charge >= 0.3 is 5.97 Å². The zero-order valence-corrected chi connectivity index (χ0v) is 10.3. The molecule has 0 aliphatic carbocycles. The summed E-state index contributed by atoms with van der Waals surface area (Å²) in [5.74, 6) is -0.208. The molecule has 1 unspecified atom stereocenters. The Bertz CT molecular complexity index is 579. The highest BCUT2D eigenvalue weighted by Gasteiger charge is 2.20. The number of imidazole rings is 1. The predicted octanol–water partition coefficient (Wildman–Crippen LogP) is 2.29. The van der Waals surface area contributed by atoms with E-state index in [4.69, 9.17) is 16.7 Å². The van der Waals surface area contributed by atoms with Crippen LogP contribution in [0, 0.1) is 0 Å². The minimum absolute atomic E-state index is 0.493. The highest BCUT2D eigenvalue weighted by Crippen LogP contribution is 2.22. The molecule has 2 aromatic rings. The number of halogens is 1. The fourth-order valence-electron chi connectivity index (χ4n) is 1.77. The van der Waals surface area contributed by atoms with E-state index in [1.165, 1.54) is 6.20 Å². The Morgan fingerprint density at radius 3 is 2.94 bits per heavy atom. The Morgan fingerprint density at radius 1 is 1.65 bits per heavy atom. The minimum atomic E-state index is -0.907. The van der Waals surface area contributed by atoms with Gasteiger partial charge in [-0.1, -0.05) is 18.5 Å². The summed E-state index contributed by atoms with van der Waals surface area (Å²) in [5, 5.41) is 9.58. The van der Waals surface area contributed by atoms with Crippen molar-refractivity contribution in [2.24, 2.45) is 0 Å². The number of pyridine rings is 1. The molecule has 17 heavy (non-hydrogen) atoms. The van der Waals surface area contributed by atoms with Crippen molar-refractivity contribution >= 4 is 28.7 Å². The number of aryl methyl sites for hydroxylation is 1. The van der Waals surface area contributed by atoms with Crippen molar-refractivity contribution in [3.05, 3.63) is 23.1 Å². The number of carboxylic acids is 1. The second kappa shape index (κ2) is 4.33. The van der Waals surface area contributed by atoms with E-state index in [0.29, 0.717) is 28.4 Å². The monoisotopic (exact) mass is 253 g/mol. The van der Waals surface area contributed by atoms with Gasteiger partial charge in [0.25, 0.3) is 0 Å². The fourth-order valence-corrected chi connectivity index (χ4v) is 1.92. The average molecular weight is 254 g/mol. The molecule has 0 aromatic carbocycles. The maximum atomic E-state index is 11.1. The number of hydrogen-bond donors (Lipinski definition) is 1. The highest BCUT2D eigenvalue weighted by molar-refractivity contribution is 6.31. The molecule has 0 amide bonds. The number of aliphatic carboxylic acids is 1. The second-order valence-corrected chi connectivity index (χ2v) is 4.20. The van der Waals surface area contributed by atoms with Crippen LogP contribution in [0.25, 0.3) is 11.2 Å². The number of fused-ring (bicyclic) bond motifs is 1. The summed E-state index contributed by atoms with van der Waals surface area (Å²) >= 11 is 5.84. The maximum absolute atomic E-state index is 11.1. The van der Waals surface area contributed by atoms with E-state index in [2.05, 4.69) is 9.97 Å². The molecule has 6 heteroatoms. The lowest BCUT2D eigenvalue weighted by atomic mass is 10.3. The Labute approximate surface area is 103 Å². The zero-order chi connectivity index (χ0) is 12.6. The van der Waals surface area contributed by atoms with E-state index in [0.717, 1.165) is 0 Å². The number of carbonyl (C=O) groups is 1. The van der Waals surface area contributed by atoms with Crippen molar-refractivity contribution < 1.29 is 9.90 Å². The van der Waals surface area contributed by atoms with Gasteiger partial charge in [0.15, 0.2) is 5.65 Å². The Balaban J connectivity index is 2.70. The van der Waals surface area contributed by atoms with Crippen molar-refractivity contribution in [1.82, 2.24) is 14.5 Å². The number of nitrogens with zero attached hydrogens (tertiary/aromatic N) is 3. The van der Waals surface area contributed by atoms with E-state index in [-0.39, 0.29) is 0 Å². The van der Waals surface area contributed by atoms with Crippen molar-refractivity contribution in [3.8, 4) is 0 Å². The third-order valence-electron chi connectivity index (χ3n) is 2.63. The van der Waals surface area contributed by atoms with Gasteiger partial charge < -0.3 is 5.11 Å². The first-order valence-corrected chi connectivity index (χ1v) is 5.67. The molecule has 0 fully saturated rings. The van der Waals surface area contributed by atoms with Crippen molar-refractivity contribution in [2.45, 2.75) is 26.3 Å². The standard InChI is InChI=1S/C11H12ClN3O2/c1-3-9-14-8-4-7(12)5-13-10(8)15(9)6(2)11(16)17/h4-6H,3H2,1-2H3,(H,16,17). The van der Waals surface area contributed by atoms with Crippen LogP contribution in [0.2, 0.25) is 5.02 Å². The number of rotatable bonds is 3. The summed E-state index contributed by atoms with van der Waals surface area (Å²) in [6, 6.07) is 0.998. The van der Waals surface area contributed by atoms with Crippen LogP contribution in [0.15, 0.2) is 12.3 Å². The SMILES string of the molecule is CCc1nc2cc(Cl)cnc2n1C(C)C(=O)O. The Hall–Kier alpha value is -1.62. The molecule has 0 bridgehead atoms. The molecular weight excluding hydrogens is 242 g/mol. The first-order chi connectivity index (χ1) is 8.04. The van der Waals surface area contributed by atoms with Crippen LogP contribution in [-0.2, 0) is 11.2 Å². The topological polar surface area (TPSA) is 68.0 Å². The molecule has 0 spiro atoms. The first-order valence-electron chi connectivity index (χ1n) is 5.29. The number of hydrogen-bond acceptors (Lipinski definition) is 3. The van der Waals surface area contributed by atoms with Crippen molar-refractivity contribution in [1.29, 1.82) is 0 Å². The van der Waals surface area contributed by atoms with Gasteiger partial charge in [0.2, 0.25) is 0 Å². The molecule has 0 saturated carbocycles. The molecule has 0 radical (unpaired) electrons. The predicted molar refractivity (Wildman–Crippen MR) is 64.3 cm³/mol. The molecule has 0 aliphatic heterocycles. The number of aromatic nitrogens is 3. The lowest BCUT2D eigenvalue weighted by Gasteiger charge is -2.11. The van der Waals surface area contributed by atoms with Gasteiger partial charge in [-0.15, -0.1) is 0 Å². The van der Waals surface area contributed by atoms with Crippen LogP contribution in [0.5, 0.6) is 0 Å². The summed E-state index contributed by atoms with van der Waals surface area (Å²) in [4.78, 5) is 19.6.